The standard InChI is InChI=1S/C16H11ClF3N3O2S/c1-26-11-4-2-10(3-5-11)24-8-13-22-23-15(25-13)14-12(17)6-9(7-21-14)16(18,19)20/h2-7H,8H2,1H3. The topological polar surface area (TPSA) is 61.0 Å². The van der Waals surface area contributed by atoms with Crippen molar-refractivity contribution in [2.45, 2.75) is 17.7 Å². The molecule has 0 amide bonds. The quantitative estimate of drug-likeness (QED) is 0.554. The van der Waals surface area contributed by atoms with Crippen molar-refractivity contribution >= 4 is 23.4 Å². The Hall–Kier alpha value is -2.26. The van der Waals surface area contributed by atoms with Gasteiger partial charge in [0.1, 0.15) is 11.4 Å². The second-order valence-electron chi connectivity index (χ2n) is 5.02. The second kappa shape index (κ2) is 7.55. The lowest BCUT2D eigenvalue weighted by Gasteiger charge is -2.07. The highest BCUT2D eigenvalue weighted by Crippen LogP contribution is 2.33. The molecular formula is C16H11ClF3N3O2S. The predicted molar refractivity (Wildman–Crippen MR) is 90.1 cm³/mol. The maximum absolute atomic E-state index is 12.6. The van der Waals surface area contributed by atoms with E-state index in [0.717, 1.165) is 11.0 Å². The zero-order valence-corrected chi connectivity index (χ0v) is 14.8. The van der Waals surface area contributed by atoms with Gasteiger partial charge in [-0.2, -0.15) is 13.2 Å². The van der Waals surface area contributed by atoms with Crippen LogP contribution in [-0.2, 0) is 12.8 Å². The molecule has 0 aliphatic rings. The minimum Gasteiger partial charge on any atom is -0.484 e. The fraction of sp³-hybridized carbons (Fsp3) is 0.188. The maximum atomic E-state index is 12.6. The highest BCUT2D eigenvalue weighted by molar-refractivity contribution is 7.98. The van der Waals surface area contributed by atoms with Crippen molar-refractivity contribution in [2.75, 3.05) is 6.26 Å². The molecule has 0 saturated heterocycles. The molecule has 3 aromatic rings. The minimum atomic E-state index is -4.53. The summed E-state index contributed by atoms with van der Waals surface area (Å²) in [6.07, 6.45) is -1.90. The Morgan fingerprint density at radius 2 is 1.92 bits per heavy atom. The summed E-state index contributed by atoms with van der Waals surface area (Å²) in [5.41, 5.74) is -0.981. The van der Waals surface area contributed by atoms with Crippen molar-refractivity contribution in [1.82, 2.24) is 15.2 Å². The zero-order chi connectivity index (χ0) is 18.7. The third-order valence-electron chi connectivity index (χ3n) is 3.26. The molecule has 2 heterocycles. The molecule has 2 aromatic heterocycles. The Kier molecular flexibility index (Phi) is 5.38. The van der Waals surface area contributed by atoms with Gasteiger partial charge in [-0.05, 0) is 36.6 Å². The van der Waals surface area contributed by atoms with Gasteiger partial charge >= 0.3 is 6.18 Å². The molecule has 0 aliphatic heterocycles. The molecule has 26 heavy (non-hydrogen) atoms. The highest BCUT2D eigenvalue weighted by Gasteiger charge is 2.32. The smallest absolute Gasteiger partial charge is 0.417 e. The van der Waals surface area contributed by atoms with Gasteiger partial charge in [0, 0.05) is 11.1 Å². The van der Waals surface area contributed by atoms with Gasteiger partial charge in [0.15, 0.2) is 6.61 Å². The first-order valence-electron chi connectivity index (χ1n) is 7.19. The Bertz CT molecular complexity index is 901. The Morgan fingerprint density at radius 3 is 2.54 bits per heavy atom. The second-order valence-corrected chi connectivity index (χ2v) is 6.30. The molecule has 0 fully saturated rings. The Balaban J connectivity index is 1.71. The number of benzene rings is 1. The van der Waals surface area contributed by atoms with Crippen LogP contribution in [0.4, 0.5) is 13.2 Å². The van der Waals surface area contributed by atoms with Crippen LogP contribution < -0.4 is 4.74 Å². The first-order chi connectivity index (χ1) is 12.4. The normalized spacial score (nSPS) is 11.6. The van der Waals surface area contributed by atoms with Crippen molar-refractivity contribution in [1.29, 1.82) is 0 Å². The summed E-state index contributed by atoms with van der Waals surface area (Å²) in [7, 11) is 0. The first-order valence-corrected chi connectivity index (χ1v) is 8.79. The van der Waals surface area contributed by atoms with Crippen LogP contribution in [0, 0.1) is 0 Å². The van der Waals surface area contributed by atoms with Crippen molar-refractivity contribution in [2.24, 2.45) is 0 Å². The average molecular weight is 402 g/mol. The third-order valence-corrected chi connectivity index (χ3v) is 4.29. The van der Waals surface area contributed by atoms with Crippen LogP contribution in [0.3, 0.4) is 0 Å². The molecule has 0 N–H and O–H groups in total. The zero-order valence-electron chi connectivity index (χ0n) is 13.2. The van der Waals surface area contributed by atoms with Crippen molar-refractivity contribution < 1.29 is 22.3 Å². The van der Waals surface area contributed by atoms with Crippen molar-refractivity contribution in [3.63, 3.8) is 0 Å². The fourth-order valence-electron chi connectivity index (χ4n) is 1.97. The van der Waals surface area contributed by atoms with E-state index in [1.165, 1.54) is 0 Å². The van der Waals surface area contributed by atoms with Crippen LogP contribution in [0.15, 0.2) is 45.8 Å². The Labute approximate surface area is 155 Å². The number of ether oxygens (including phenoxy) is 1. The van der Waals surface area contributed by atoms with E-state index >= 15 is 0 Å². The SMILES string of the molecule is CSc1ccc(OCc2nnc(-c3ncc(C(F)(F)F)cc3Cl)o2)cc1. The molecule has 1 aromatic carbocycles. The Morgan fingerprint density at radius 1 is 1.19 bits per heavy atom. The lowest BCUT2D eigenvalue weighted by molar-refractivity contribution is -0.137. The molecular weight excluding hydrogens is 391 g/mol. The van der Waals surface area contributed by atoms with Gasteiger partial charge in [-0.3, -0.25) is 0 Å². The third kappa shape index (κ3) is 4.28. The average Bonchev–Trinajstić information content (AvgIpc) is 3.08. The summed E-state index contributed by atoms with van der Waals surface area (Å²) in [5, 5.41) is 7.30. The number of nitrogens with zero attached hydrogens (tertiary/aromatic N) is 3. The van der Waals surface area contributed by atoms with E-state index in [-0.39, 0.29) is 29.1 Å². The van der Waals surface area contributed by atoms with Gasteiger partial charge < -0.3 is 9.15 Å². The van der Waals surface area contributed by atoms with Gasteiger partial charge in [-0.15, -0.1) is 22.0 Å². The molecule has 0 radical (unpaired) electrons. The summed E-state index contributed by atoms with van der Waals surface area (Å²) in [6, 6.07) is 8.18. The number of thioether (sulfide) groups is 1. The van der Waals surface area contributed by atoms with Gasteiger partial charge in [-0.1, -0.05) is 11.6 Å². The summed E-state index contributed by atoms with van der Waals surface area (Å²) in [5.74, 6) is 0.681. The number of hydrogen-bond acceptors (Lipinski definition) is 6. The fourth-order valence-corrected chi connectivity index (χ4v) is 2.63. The van der Waals surface area contributed by atoms with Crippen LogP contribution in [-0.4, -0.2) is 21.4 Å². The summed E-state index contributed by atoms with van der Waals surface area (Å²) in [6.45, 7) is 0.00384. The van der Waals surface area contributed by atoms with Gasteiger partial charge in [-0.25, -0.2) is 4.98 Å². The van der Waals surface area contributed by atoms with Gasteiger partial charge in [0.25, 0.3) is 11.8 Å². The van der Waals surface area contributed by atoms with E-state index in [1.54, 1.807) is 23.9 Å². The molecule has 0 unspecified atom stereocenters. The molecule has 0 spiro atoms. The minimum absolute atomic E-state index is 0.00384. The number of halogens is 4. The number of alkyl halides is 3. The number of rotatable bonds is 5. The van der Waals surface area contributed by atoms with Gasteiger partial charge in [0.05, 0.1) is 10.6 Å². The molecule has 10 heteroatoms. The lowest BCUT2D eigenvalue weighted by Crippen LogP contribution is -2.05. The molecule has 0 aliphatic carbocycles. The van der Waals surface area contributed by atoms with Crippen molar-refractivity contribution in [3.8, 4) is 17.3 Å². The monoisotopic (exact) mass is 401 g/mol. The lowest BCUT2D eigenvalue weighted by atomic mass is 10.2. The maximum Gasteiger partial charge on any atom is 0.417 e. The summed E-state index contributed by atoms with van der Waals surface area (Å²) >= 11 is 7.47. The number of pyridine rings is 1. The van der Waals surface area contributed by atoms with E-state index in [0.29, 0.717) is 11.9 Å². The van der Waals surface area contributed by atoms with Crippen LogP contribution in [0.25, 0.3) is 11.6 Å². The van der Waals surface area contributed by atoms with Gasteiger partial charge in [0.2, 0.25) is 0 Å². The molecule has 0 atom stereocenters. The first kappa shape index (κ1) is 18.5. The highest BCUT2D eigenvalue weighted by atomic mass is 35.5. The summed E-state index contributed by atoms with van der Waals surface area (Å²) in [4.78, 5) is 4.77. The van der Waals surface area contributed by atoms with E-state index in [4.69, 9.17) is 20.8 Å². The molecule has 3 rings (SSSR count). The molecule has 0 saturated carbocycles. The predicted octanol–water partition coefficient (Wildman–Crippen LogP) is 5.10. The number of hydrogen-bond donors (Lipinski definition) is 0. The van der Waals surface area contributed by atoms with E-state index in [1.807, 2.05) is 18.4 Å². The van der Waals surface area contributed by atoms with Crippen LogP contribution in [0.1, 0.15) is 11.5 Å². The molecule has 0 bridgehead atoms. The van der Waals surface area contributed by atoms with Crippen molar-refractivity contribution in [3.05, 3.63) is 53.0 Å². The van der Waals surface area contributed by atoms with E-state index < -0.39 is 11.7 Å². The van der Waals surface area contributed by atoms with Crippen LogP contribution >= 0.6 is 23.4 Å². The molecule has 5 nitrogen and oxygen atoms in total. The van der Waals surface area contributed by atoms with E-state index in [9.17, 15) is 13.2 Å². The summed E-state index contributed by atoms with van der Waals surface area (Å²) < 4.78 is 48.8. The largest absolute Gasteiger partial charge is 0.484 e. The number of aromatic nitrogens is 3. The van der Waals surface area contributed by atoms with Crippen LogP contribution in [0.2, 0.25) is 5.02 Å². The van der Waals surface area contributed by atoms with Crippen LogP contribution in [0.5, 0.6) is 5.75 Å². The molecule has 136 valence electrons. The van der Waals surface area contributed by atoms with E-state index in [2.05, 4.69) is 15.2 Å².